The van der Waals surface area contributed by atoms with Gasteiger partial charge in [0.15, 0.2) is 11.5 Å². The maximum atomic E-state index is 12.5. The topological polar surface area (TPSA) is 42.2 Å². The van der Waals surface area contributed by atoms with Crippen molar-refractivity contribution in [2.24, 2.45) is 0 Å². The third kappa shape index (κ3) is 2.79. The average molecular weight is 258 g/mol. The number of nitrogens with one attached hydrogen (secondary N) is 1. The predicted molar refractivity (Wildman–Crippen MR) is 60.2 cm³/mol. The zero-order chi connectivity index (χ0) is 13.2. The Labute approximate surface area is 102 Å². The molecule has 2 aromatic rings. The molecule has 4 nitrogen and oxygen atoms in total. The minimum absolute atomic E-state index is 0.433. The summed E-state index contributed by atoms with van der Waals surface area (Å²) < 4.78 is 38.7. The molecule has 0 atom stereocenters. The van der Waals surface area contributed by atoms with Gasteiger partial charge >= 0.3 is 6.18 Å². The Morgan fingerprint density at radius 1 is 1.33 bits per heavy atom. The van der Waals surface area contributed by atoms with Crippen molar-refractivity contribution in [1.29, 1.82) is 0 Å². The quantitative estimate of drug-likeness (QED) is 0.852. The second-order valence-corrected chi connectivity index (χ2v) is 3.95. The van der Waals surface area contributed by atoms with Crippen LogP contribution in [0.25, 0.3) is 5.65 Å². The van der Waals surface area contributed by atoms with Crippen LogP contribution in [0.15, 0.2) is 18.3 Å². The highest BCUT2D eigenvalue weighted by Gasteiger charge is 2.31. The molecular weight excluding hydrogens is 245 g/mol. The van der Waals surface area contributed by atoms with E-state index in [4.69, 9.17) is 0 Å². The highest BCUT2D eigenvalue weighted by Crippen LogP contribution is 2.28. The largest absolute Gasteiger partial charge is 0.417 e. The Balaban J connectivity index is 2.23. The normalized spacial score (nSPS) is 12.2. The minimum Gasteiger partial charge on any atom is -0.320 e. The Bertz CT molecular complexity index is 533. The summed E-state index contributed by atoms with van der Waals surface area (Å²) in [6.45, 7) is 0.823. The van der Waals surface area contributed by atoms with E-state index in [0.29, 0.717) is 17.9 Å². The van der Waals surface area contributed by atoms with E-state index in [1.54, 1.807) is 0 Å². The Hall–Kier alpha value is -1.63. The Kier molecular flexibility index (Phi) is 3.51. The van der Waals surface area contributed by atoms with Gasteiger partial charge in [-0.2, -0.15) is 18.3 Å². The molecule has 0 amide bonds. The number of rotatable bonds is 4. The summed E-state index contributed by atoms with van der Waals surface area (Å²) in [4.78, 5) is 4.16. The summed E-state index contributed by atoms with van der Waals surface area (Å²) in [7, 11) is 1.84. The molecule has 0 radical (unpaired) electrons. The van der Waals surface area contributed by atoms with Crippen LogP contribution in [0.2, 0.25) is 0 Å². The van der Waals surface area contributed by atoms with Gasteiger partial charge in [0, 0.05) is 12.6 Å². The molecule has 1 N–H and O–H groups in total. The molecule has 0 spiro atoms. The lowest BCUT2D eigenvalue weighted by Crippen LogP contribution is -2.08. The van der Waals surface area contributed by atoms with Crippen molar-refractivity contribution in [2.75, 3.05) is 13.6 Å². The van der Waals surface area contributed by atoms with Crippen LogP contribution in [0.1, 0.15) is 17.8 Å². The van der Waals surface area contributed by atoms with Gasteiger partial charge in [-0.15, -0.1) is 0 Å². The number of aryl methyl sites for hydroxylation is 1. The number of nitrogens with zero attached hydrogens (tertiary/aromatic N) is 3. The highest BCUT2D eigenvalue weighted by atomic mass is 19.4. The molecular formula is C11H13F3N4. The molecule has 2 aromatic heterocycles. The highest BCUT2D eigenvalue weighted by molar-refractivity contribution is 5.39. The summed E-state index contributed by atoms with van der Waals surface area (Å²) in [6.07, 6.45) is -1.90. The van der Waals surface area contributed by atoms with Crippen LogP contribution < -0.4 is 5.32 Å². The lowest BCUT2D eigenvalue weighted by atomic mass is 10.3. The molecule has 0 aliphatic heterocycles. The van der Waals surface area contributed by atoms with Crippen LogP contribution in [0.3, 0.4) is 0 Å². The fourth-order valence-corrected chi connectivity index (χ4v) is 1.63. The van der Waals surface area contributed by atoms with Crippen molar-refractivity contribution >= 4 is 5.65 Å². The molecule has 98 valence electrons. The van der Waals surface area contributed by atoms with Crippen LogP contribution in [0, 0.1) is 0 Å². The second kappa shape index (κ2) is 4.93. The zero-order valence-electron chi connectivity index (χ0n) is 9.83. The number of hydrogen-bond acceptors (Lipinski definition) is 3. The van der Waals surface area contributed by atoms with E-state index in [-0.39, 0.29) is 0 Å². The van der Waals surface area contributed by atoms with Crippen LogP contribution in [0.5, 0.6) is 0 Å². The van der Waals surface area contributed by atoms with Crippen molar-refractivity contribution in [3.8, 4) is 0 Å². The number of aromatic nitrogens is 3. The van der Waals surface area contributed by atoms with E-state index in [1.807, 2.05) is 7.05 Å². The van der Waals surface area contributed by atoms with E-state index < -0.39 is 11.7 Å². The third-order valence-corrected chi connectivity index (χ3v) is 2.53. The monoisotopic (exact) mass is 258 g/mol. The van der Waals surface area contributed by atoms with E-state index in [2.05, 4.69) is 15.4 Å². The molecule has 7 heteroatoms. The Morgan fingerprint density at radius 3 is 2.78 bits per heavy atom. The van der Waals surface area contributed by atoms with Gasteiger partial charge in [-0.25, -0.2) is 9.50 Å². The predicted octanol–water partition coefficient (Wildman–Crippen LogP) is 1.90. The average Bonchev–Trinajstić information content (AvgIpc) is 2.69. The molecule has 2 rings (SSSR count). The van der Waals surface area contributed by atoms with Crippen LogP contribution in [-0.2, 0) is 12.6 Å². The summed E-state index contributed by atoms with van der Waals surface area (Å²) in [5.41, 5.74) is -0.288. The van der Waals surface area contributed by atoms with Crippen molar-refractivity contribution in [1.82, 2.24) is 19.9 Å². The number of alkyl halides is 3. The van der Waals surface area contributed by atoms with Gasteiger partial charge in [0.2, 0.25) is 0 Å². The van der Waals surface area contributed by atoms with Crippen LogP contribution >= 0.6 is 0 Å². The first-order valence-electron chi connectivity index (χ1n) is 5.58. The van der Waals surface area contributed by atoms with Crippen molar-refractivity contribution in [2.45, 2.75) is 19.0 Å². The number of fused-ring (bicyclic) bond motifs is 1. The summed E-state index contributed by atoms with van der Waals surface area (Å²) in [5.74, 6) is 0.560. The maximum absolute atomic E-state index is 12.5. The van der Waals surface area contributed by atoms with Crippen molar-refractivity contribution in [3.63, 3.8) is 0 Å². The lowest BCUT2D eigenvalue weighted by Gasteiger charge is -2.05. The first-order valence-corrected chi connectivity index (χ1v) is 5.58. The van der Waals surface area contributed by atoms with Gasteiger partial charge in [0.25, 0.3) is 0 Å². The van der Waals surface area contributed by atoms with E-state index in [9.17, 15) is 13.2 Å². The van der Waals surface area contributed by atoms with E-state index >= 15 is 0 Å². The van der Waals surface area contributed by atoms with Gasteiger partial charge in [0.1, 0.15) is 0 Å². The molecule has 0 unspecified atom stereocenters. The molecule has 0 bridgehead atoms. The number of hydrogen-bond donors (Lipinski definition) is 1. The smallest absolute Gasteiger partial charge is 0.320 e. The number of pyridine rings is 1. The first-order chi connectivity index (χ1) is 8.50. The van der Waals surface area contributed by atoms with E-state index in [0.717, 1.165) is 25.2 Å². The molecule has 18 heavy (non-hydrogen) atoms. The summed E-state index contributed by atoms with van der Waals surface area (Å²) >= 11 is 0. The molecule has 0 saturated heterocycles. The molecule has 0 aliphatic carbocycles. The van der Waals surface area contributed by atoms with Gasteiger partial charge in [-0.05, 0) is 32.1 Å². The van der Waals surface area contributed by atoms with Gasteiger partial charge in [0.05, 0.1) is 5.56 Å². The lowest BCUT2D eigenvalue weighted by molar-refractivity contribution is -0.137. The second-order valence-electron chi connectivity index (χ2n) is 3.95. The number of halogens is 3. The molecule has 0 fully saturated rings. The standard InChI is InChI=1S/C11H13F3N4/c1-15-6-2-3-9-16-10-5-4-8(11(12,13)14)7-18(10)17-9/h4-5,7,15H,2-3,6H2,1H3. The molecule has 2 heterocycles. The first kappa shape index (κ1) is 12.8. The SMILES string of the molecule is CNCCCc1nc2ccc(C(F)(F)F)cn2n1. The fraction of sp³-hybridized carbons (Fsp3) is 0.455. The van der Waals surface area contributed by atoms with Crippen LogP contribution in [0.4, 0.5) is 13.2 Å². The summed E-state index contributed by atoms with van der Waals surface area (Å²) in [5, 5.41) is 7.03. The molecule has 0 aromatic carbocycles. The van der Waals surface area contributed by atoms with Crippen molar-refractivity contribution < 1.29 is 13.2 Å². The van der Waals surface area contributed by atoms with Gasteiger partial charge in [-0.1, -0.05) is 0 Å². The molecule has 0 aliphatic rings. The fourth-order valence-electron chi connectivity index (χ4n) is 1.63. The van der Waals surface area contributed by atoms with Crippen LogP contribution in [-0.4, -0.2) is 28.2 Å². The van der Waals surface area contributed by atoms with Gasteiger partial charge in [-0.3, -0.25) is 0 Å². The van der Waals surface area contributed by atoms with E-state index in [1.165, 1.54) is 10.6 Å². The zero-order valence-corrected chi connectivity index (χ0v) is 9.83. The van der Waals surface area contributed by atoms with Crippen molar-refractivity contribution in [3.05, 3.63) is 29.7 Å². The third-order valence-electron chi connectivity index (χ3n) is 2.53. The Morgan fingerprint density at radius 2 is 2.11 bits per heavy atom. The molecule has 0 saturated carbocycles. The van der Waals surface area contributed by atoms with Gasteiger partial charge < -0.3 is 5.32 Å². The summed E-state index contributed by atoms with van der Waals surface area (Å²) in [6, 6.07) is 2.35. The maximum Gasteiger partial charge on any atom is 0.417 e. The minimum atomic E-state index is -4.35.